The lowest BCUT2D eigenvalue weighted by Crippen LogP contribution is -2.17. The summed E-state index contributed by atoms with van der Waals surface area (Å²) in [5.74, 6) is 0.123. The highest BCUT2D eigenvalue weighted by Gasteiger charge is 2.12. The van der Waals surface area contributed by atoms with Crippen LogP contribution in [0, 0.1) is 5.82 Å². The van der Waals surface area contributed by atoms with Crippen molar-refractivity contribution in [1.29, 1.82) is 0 Å². The molecular formula is C14H22FNO. The van der Waals surface area contributed by atoms with Crippen molar-refractivity contribution < 1.29 is 9.13 Å². The van der Waals surface area contributed by atoms with Crippen LogP contribution in [0.25, 0.3) is 0 Å². The van der Waals surface area contributed by atoms with Gasteiger partial charge in [0.15, 0.2) is 11.6 Å². The third kappa shape index (κ3) is 4.35. The van der Waals surface area contributed by atoms with Crippen molar-refractivity contribution in [3.63, 3.8) is 0 Å². The lowest BCUT2D eigenvalue weighted by Gasteiger charge is -2.17. The van der Waals surface area contributed by atoms with Gasteiger partial charge in [0, 0.05) is 12.1 Å². The van der Waals surface area contributed by atoms with Crippen molar-refractivity contribution in [2.45, 2.75) is 46.3 Å². The van der Waals surface area contributed by atoms with Crippen LogP contribution in [-0.2, 0) is 6.54 Å². The predicted octanol–water partition coefficient (Wildman–Crippen LogP) is 3.50. The molecule has 0 fully saturated rings. The molecule has 0 aromatic heterocycles. The Labute approximate surface area is 103 Å². The zero-order valence-electron chi connectivity index (χ0n) is 10.9. The van der Waals surface area contributed by atoms with Gasteiger partial charge in [-0.3, -0.25) is 0 Å². The Hall–Kier alpha value is -1.09. The summed E-state index contributed by atoms with van der Waals surface area (Å²) in [6.45, 7) is 7.61. The van der Waals surface area contributed by atoms with E-state index in [0.29, 0.717) is 12.3 Å². The van der Waals surface area contributed by atoms with Crippen LogP contribution in [0.5, 0.6) is 5.75 Å². The first-order valence-electron chi connectivity index (χ1n) is 6.33. The van der Waals surface area contributed by atoms with Gasteiger partial charge >= 0.3 is 0 Å². The number of hydrogen-bond donors (Lipinski definition) is 1. The van der Waals surface area contributed by atoms with E-state index in [4.69, 9.17) is 4.74 Å². The molecule has 1 unspecified atom stereocenters. The van der Waals surface area contributed by atoms with Gasteiger partial charge in [-0.1, -0.05) is 32.4 Å². The summed E-state index contributed by atoms with van der Waals surface area (Å²) in [6.07, 6.45) is 2.03. The van der Waals surface area contributed by atoms with Gasteiger partial charge in [0.1, 0.15) is 0 Å². The average Bonchev–Trinajstić information content (AvgIpc) is 2.30. The fourth-order valence-corrected chi connectivity index (χ4v) is 1.75. The highest BCUT2D eigenvalue weighted by Crippen LogP contribution is 2.24. The smallest absolute Gasteiger partial charge is 0.165 e. The second-order valence-electron chi connectivity index (χ2n) is 4.23. The highest BCUT2D eigenvalue weighted by molar-refractivity contribution is 5.35. The Morgan fingerprint density at radius 2 is 2.12 bits per heavy atom. The molecule has 2 nitrogen and oxygen atoms in total. The minimum absolute atomic E-state index is 0.0530. The van der Waals surface area contributed by atoms with E-state index < -0.39 is 0 Å². The number of ether oxygens (including phenoxy) is 1. The highest BCUT2D eigenvalue weighted by atomic mass is 19.1. The van der Waals surface area contributed by atoms with E-state index in [1.54, 1.807) is 6.07 Å². The molecule has 1 N–H and O–H groups in total. The van der Waals surface area contributed by atoms with Crippen LogP contribution in [0.1, 0.15) is 39.2 Å². The van der Waals surface area contributed by atoms with Gasteiger partial charge in [0.05, 0.1) is 6.10 Å². The van der Waals surface area contributed by atoms with Crippen LogP contribution in [0.2, 0.25) is 0 Å². The molecule has 1 aromatic rings. The summed E-state index contributed by atoms with van der Waals surface area (Å²) >= 11 is 0. The molecule has 17 heavy (non-hydrogen) atoms. The number of para-hydroxylation sites is 1. The molecule has 0 aliphatic carbocycles. The van der Waals surface area contributed by atoms with Gasteiger partial charge in [-0.15, -0.1) is 0 Å². The topological polar surface area (TPSA) is 21.3 Å². The van der Waals surface area contributed by atoms with E-state index in [-0.39, 0.29) is 11.9 Å². The minimum Gasteiger partial charge on any atom is -0.487 e. The fourth-order valence-electron chi connectivity index (χ4n) is 1.75. The molecule has 1 aromatic carbocycles. The van der Waals surface area contributed by atoms with Crippen LogP contribution in [0.15, 0.2) is 18.2 Å². The number of halogens is 1. The maximum absolute atomic E-state index is 13.7. The quantitative estimate of drug-likeness (QED) is 0.786. The van der Waals surface area contributed by atoms with Gasteiger partial charge in [0.25, 0.3) is 0 Å². The number of benzene rings is 1. The molecule has 96 valence electrons. The zero-order valence-corrected chi connectivity index (χ0v) is 10.9. The number of rotatable bonds is 7. The molecule has 0 aliphatic heterocycles. The summed E-state index contributed by atoms with van der Waals surface area (Å²) in [6, 6.07) is 5.07. The van der Waals surface area contributed by atoms with Gasteiger partial charge in [-0.25, -0.2) is 4.39 Å². The van der Waals surface area contributed by atoms with E-state index in [1.165, 1.54) is 6.07 Å². The zero-order chi connectivity index (χ0) is 12.7. The number of nitrogens with one attached hydrogen (secondary N) is 1. The van der Waals surface area contributed by atoms with Crippen molar-refractivity contribution in [1.82, 2.24) is 5.32 Å². The van der Waals surface area contributed by atoms with Crippen molar-refractivity contribution >= 4 is 0 Å². The SMILES string of the molecule is CCCC(C)Oc1c(F)cccc1CNCC. The Morgan fingerprint density at radius 3 is 2.76 bits per heavy atom. The van der Waals surface area contributed by atoms with E-state index >= 15 is 0 Å². The van der Waals surface area contributed by atoms with Gasteiger partial charge in [0.2, 0.25) is 0 Å². The van der Waals surface area contributed by atoms with Crippen molar-refractivity contribution in [3.8, 4) is 5.75 Å². The van der Waals surface area contributed by atoms with Gasteiger partial charge in [-0.2, -0.15) is 0 Å². The monoisotopic (exact) mass is 239 g/mol. The van der Waals surface area contributed by atoms with Crippen molar-refractivity contribution in [3.05, 3.63) is 29.6 Å². The van der Waals surface area contributed by atoms with Crippen LogP contribution in [0.4, 0.5) is 4.39 Å². The number of hydrogen-bond acceptors (Lipinski definition) is 2. The fraction of sp³-hybridized carbons (Fsp3) is 0.571. The average molecular weight is 239 g/mol. The Balaban J connectivity index is 2.79. The maximum Gasteiger partial charge on any atom is 0.165 e. The summed E-state index contributed by atoms with van der Waals surface area (Å²) in [4.78, 5) is 0. The lowest BCUT2D eigenvalue weighted by atomic mass is 10.1. The third-order valence-corrected chi connectivity index (χ3v) is 2.63. The second-order valence-corrected chi connectivity index (χ2v) is 4.23. The maximum atomic E-state index is 13.7. The second kappa shape index (κ2) is 7.28. The van der Waals surface area contributed by atoms with Crippen LogP contribution in [-0.4, -0.2) is 12.6 Å². The molecule has 3 heteroatoms. The van der Waals surface area contributed by atoms with Crippen molar-refractivity contribution in [2.24, 2.45) is 0 Å². The molecular weight excluding hydrogens is 217 g/mol. The molecule has 0 spiro atoms. The molecule has 1 atom stereocenters. The van der Waals surface area contributed by atoms with Crippen LogP contribution >= 0.6 is 0 Å². The van der Waals surface area contributed by atoms with Crippen LogP contribution in [0.3, 0.4) is 0 Å². The van der Waals surface area contributed by atoms with E-state index in [1.807, 2.05) is 19.9 Å². The molecule has 1 rings (SSSR count). The van der Waals surface area contributed by atoms with Crippen LogP contribution < -0.4 is 10.1 Å². The largest absolute Gasteiger partial charge is 0.487 e. The first-order valence-corrected chi connectivity index (χ1v) is 6.33. The van der Waals surface area contributed by atoms with E-state index in [9.17, 15) is 4.39 Å². The van der Waals surface area contributed by atoms with E-state index in [0.717, 1.165) is 24.9 Å². The first-order chi connectivity index (χ1) is 8.19. The molecule has 0 saturated heterocycles. The summed E-state index contributed by atoms with van der Waals surface area (Å²) in [7, 11) is 0. The Bertz CT molecular complexity index is 341. The standard InChI is InChI=1S/C14H22FNO/c1-4-7-11(3)17-14-12(10-16-5-2)8-6-9-13(14)15/h6,8-9,11,16H,4-5,7,10H2,1-3H3. The minimum atomic E-state index is -0.275. The Kier molecular flexibility index (Phi) is 5.98. The summed E-state index contributed by atoms with van der Waals surface area (Å²) in [5, 5.41) is 3.19. The molecule has 0 bridgehead atoms. The molecule has 0 heterocycles. The third-order valence-electron chi connectivity index (χ3n) is 2.63. The lowest BCUT2D eigenvalue weighted by molar-refractivity contribution is 0.198. The molecule has 0 amide bonds. The van der Waals surface area contributed by atoms with Crippen molar-refractivity contribution in [2.75, 3.05) is 6.54 Å². The Morgan fingerprint density at radius 1 is 1.35 bits per heavy atom. The molecule has 0 saturated carbocycles. The summed E-state index contributed by atoms with van der Waals surface area (Å²) in [5.41, 5.74) is 0.884. The summed E-state index contributed by atoms with van der Waals surface area (Å²) < 4.78 is 19.4. The molecule has 0 radical (unpaired) electrons. The van der Waals surface area contributed by atoms with E-state index in [2.05, 4.69) is 12.2 Å². The first kappa shape index (κ1) is 14.0. The molecule has 0 aliphatic rings. The van der Waals surface area contributed by atoms with Gasteiger partial charge in [-0.05, 0) is 26.0 Å². The van der Waals surface area contributed by atoms with Gasteiger partial charge < -0.3 is 10.1 Å². The normalized spacial score (nSPS) is 12.5. The predicted molar refractivity (Wildman–Crippen MR) is 68.8 cm³/mol.